The van der Waals surface area contributed by atoms with Crippen LogP contribution in [0, 0.1) is 11.6 Å². The normalized spacial score (nSPS) is 13.3. The number of carbonyl (C=O) groups is 1. The summed E-state index contributed by atoms with van der Waals surface area (Å²) in [4.78, 5) is 16.1. The Morgan fingerprint density at radius 2 is 1.65 bits per heavy atom. The fourth-order valence-electron chi connectivity index (χ4n) is 2.71. The lowest BCUT2D eigenvalue weighted by Gasteiger charge is -2.09. The highest BCUT2D eigenvalue weighted by atomic mass is 79.9. The zero-order valence-corrected chi connectivity index (χ0v) is 17.8. The number of fused-ring (bicyclic) bond motifs is 1. The van der Waals surface area contributed by atoms with Crippen molar-refractivity contribution in [2.45, 2.75) is 20.1 Å². The van der Waals surface area contributed by atoms with Crippen LogP contribution in [-0.2, 0) is 0 Å². The van der Waals surface area contributed by atoms with Gasteiger partial charge in [-0.1, -0.05) is 35.8 Å². The number of carbonyl (C=O) groups excluding carboxylic acids is 1. The standard InChI is InChI=1S/C19H9BrF4N2O3.C2H6/c20-11-7-15-14(28-19(23,24)29-15)6-10(11)9-4-5-16(25-8-9)26-18(27)17-12(21)2-1-3-13(17)22;1-2/h1-8H,(H,25,26,27);1-2H3. The second kappa shape index (κ2) is 8.93. The lowest BCUT2D eigenvalue weighted by molar-refractivity contribution is -0.286. The van der Waals surface area contributed by atoms with Crippen molar-refractivity contribution in [2.75, 3.05) is 5.32 Å². The number of halogens is 5. The highest BCUT2D eigenvalue weighted by Crippen LogP contribution is 2.46. The van der Waals surface area contributed by atoms with Crippen LogP contribution >= 0.6 is 15.9 Å². The molecule has 3 aromatic rings. The molecule has 0 bridgehead atoms. The minimum Gasteiger partial charge on any atom is -0.395 e. The van der Waals surface area contributed by atoms with E-state index in [2.05, 4.69) is 35.7 Å². The number of aromatic nitrogens is 1. The van der Waals surface area contributed by atoms with Crippen LogP contribution < -0.4 is 14.8 Å². The number of benzene rings is 2. The molecule has 0 saturated heterocycles. The number of amides is 1. The molecule has 1 aliphatic heterocycles. The summed E-state index contributed by atoms with van der Waals surface area (Å²) < 4.78 is 63.1. The molecular formula is C21H15BrF4N2O3. The van der Waals surface area contributed by atoms with Gasteiger partial charge in [0.15, 0.2) is 11.5 Å². The number of rotatable bonds is 3. The molecule has 0 radical (unpaired) electrons. The number of hydrogen-bond acceptors (Lipinski definition) is 4. The molecule has 0 unspecified atom stereocenters. The van der Waals surface area contributed by atoms with Gasteiger partial charge in [-0.25, -0.2) is 13.8 Å². The maximum atomic E-state index is 13.7. The third kappa shape index (κ3) is 4.79. The summed E-state index contributed by atoms with van der Waals surface area (Å²) in [6.07, 6.45) is -2.39. The van der Waals surface area contributed by atoms with Gasteiger partial charge in [-0.15, -0.1) is 8.78 Å². The molecule has 0 aliphatic carbocycles. The van der Waals surface area contributed by atoms with Crippen LogP contribution in [0.15, 0.2) is 53.1 Å². The van der Waals surface area contributed by atoms with E-state index in [1.807, 2.05) is 13.8 Å². The van der Waals surface area contributed by atoms with Crippen molar-refractivity contribution in [3.63, 3.8) is 0 Å². The molecule has 0 atom stereocenters. The first-order chi connectivity index (χ1) is 14.7. The molecule has 31 heavy (non-hydrogen) atoms. The topological polar surface area (TPSA) is 60.5 Å². The monoisotopic (exact) mass is 498 g/mol. The molecule has 1 amide bonds. The Morgan fingerprint density at radius 1 is 1.03 bits per heavy atom. The summed E-state index contributed by atoms with van der Waals surface area (Å²) in [5.41, 5.74) is 0.266. The van der Waals surface area contributed by atoms with Gasteiger partial charge in [-0.3, -0.25) is 4.79 Å². The van der Waals surface area contributed by atoms with Crippen LogP contribution in [0.5, 0.6) is 11.5 Å². The van der Waals surface area contributed by atoms with Crippen LogP contribution in [0.25, 0.3) is 11.1 Å². The van der Waals surface area contributed by atoms with E-state index >= 15 is 0 Å². The smallest absolute Gasteiger partial charge is 0.395 e. The van der Waals surface area contributed by atoms with Crippen LogP contribution in [-0.4, -0.2) is 17.2 Å². The highest BCUT2D eigenvalue weighted by molar-refractivity contribution is 9.10. The van der Waals surface area contributed by atoms with Gasteiger partial charge in [0.2, 0.25) is 0 Å². The van der Waals surface area contributed by atoms with Gasteiger partial charge in [-0.05, 0) is 36.4 Å². The highest BCUT2D eigenvalue weighted by Gasteiger charge is 2.43. The molecule has 2 aromatic carbocycles. The molecule has 0 spiro atoms. The summed E-state index contributed by atoms with van der Waals surface area (Å²) >= 11 is 3.27. The molecule has 1 aromatic heterocycles. The number of anilines is 1. The van der Waals surface area contributed by atoms with E-state index in [1.165, 1.54) is 24.4 Å². The van der Waals surface area contributed by atoms with Crippen molar-refractivity contribution in [3.05, 3.63) is 70.3 Å². The Morgan fingerprint density at radius 3 is 2.23 bits per heavy atom. The minimum absolute atomic E-state index is 0.0461. The van der Waals surface area contributed by atoms with E-state index in [0.717, 1.165) is 18.2 Å². The van der Waals surface area contributed by atoms with Crippen molar-refractivity contribution in [1.29, 1.82) is 0 Å². The Balaban J connectivity index is 0.00000132. The maximum absolute atomic E-state index is 13.7. The van der Waals surface area contributed by atoms with Crippen molar-refractivity contribution >= 4 is 27.7 Å². The van der Waals surface area contributed by atoms with Crippen molar-refractivity contribution < 1.29 is 31.8 Å². The number of hydrogen-bond donors (Lipinski definition) is 1. The van der Waals surface area contributed by atoms with E-state index in [9.17, 15) is 22.4 Å². The van der Waals surface area contributed by atoms with Crippen LogP contribution in [0.4, 0.5) is 23.4 Å². The summed E-state index contributed by atoms with van der Waals surface area (Å²) in [6, 6.07) is 8.71. The second-order valence-electron chi connectivity index (χ2n) is 5.93. The summed E-state index contributed by atoms with van der Waals surface area (Å²) in [5.74, 6) is -3.20. The van der Waals surface area contributed by atoms with Crippen molar-refractivity contribution in [1.82, 2.24) is 4.98 Å². The average Bonchev–Trinajstić information content (AvgIpc) is 3.02. The van der Waals surface area contributed by atoms with Crippen LogP contribution in [0.1, 0.15) is 24.2 Å². The van der Waals surface area contributed by atoms with Crippen molar-refractivity contribution in [2.24, 2.45) is 0 Å². The van der Waals surface area contributed by atoms with Gasteiger partial charge in [0.25, 0.3) is 5.91 Å². The first-order valence-corrected chi connectivity index (χ1v) is 9.84. The molecule has 0 fully saturated rings. The quantitative estimate of drug-likeness (QED) is 0.425. The number of nitrogens with zero attached hydrogens (tertiary/aromatic N) is 1. The van der Waals surface area contributed by atoms with E-state index in [-0.39, 0.29) is 17.3 Å². The Bertz CT molecular complexity index is 1100. The Labute approximate surface area is 183 Å². The fourth-order valence-corrected chi connectivity index (χ4v) is 3.26. The summed E-state index contributed by atoms with van der Waals surface area (Å²) in [7, 11) is 0. The largest absolute Gasteiger partial charge is 0.586 e. The predicted octanol–water partition coefficient (Wildman–Crippen LogP) is 6.39. The van der Waals surface area contributed by atoms with Crippen molar-refractivity contribution in [3.8, 4) is 22.6 Å². The maximum Gasteiger partial charge on any atom is 0.586 e. The Hall–Kier alpha value is -3.14. The van der Waals surface area contributed by atoms with E-state index in [4.69, 9.17) is 0 Å². The zero-order chi connectivity index (χ0) is 22.8. The third-order valence-electron chi connectivity index (χ3n) is 4.00. The van der Waals surface area contributed by atoms with E-state index in [1.54, 1.807) is 6.07 Å². The second-order valence-corrected chi connectivity index (χ2v) is 6.78. The molecule has 0 saturated carbocycles. The van der Waals surface area contributed by atoms with E-state index < -0.39 is 29.4 Å². The van der Waals surface area contributed by atoms with Crippen LogP contribution in [0.3, 0.4) is 0 Å². The van der Waals surface area contributed by atoms with Crippen LogP contribution in [0.2, 0.25) is 0 Å². The van der Waals surface area contributed by atoms with E-state index in [0.29, 0.717) is 15.6 Å². The van der Waals surface area contributed by atoms with Gasteiger partial charge < -0.3 is 14.8 Å². The molecule has 5 nitrogen and oxygen atoms in total. The summed E-state index contributed by atoms with van der Waals surface area (Å²) in [6.45, 7) is 4.00. The molecule has 162 valence electrons. The van der Waals surface area contributed by atoms with Gasteiger partial charge in [-0.2, -0.15) is 0 Å². The number of nitrogens with one attached hydrogen (secondary N) is 1. The first-order valence-electron chi connectivity index (χ1n) is 9.05. The third-order valence-corrected chi connectivity index (χ3v) is 4.65. The molecule has 1 N–H and O–H groups in total. The van der Waals surface area contributed by atoms with Gasteiger partial charge >= 0.3 is 6.29 Å². The lowest BCUT2D eigenvalue weighted by atomic mass is 10.1. The predicted molar refractivity (Wildman–Crippen MR) is 109 cm³/mol. The first kappa shape index (κ1) is 22.5. The fraction of sp³-hybridized carbons (Fsp3) is 0.143. The number of pyridine rings is 1. The number of ether oxygens (including phenoxy) is 2. The average molecular weight is 499 g/mol. The molecular weight excluding hydrogens is 484 g/mol. The Kier molecular flexibility index (Phi) is 6.49. The van der Waals surface area contributed by atoms with Gasteiger partial charge in [0.05, 0.1) is 0 Å². The zero-order valence-electron chi connectivity index (χ0n) is 16.2. The summed E-state index contributed by atoms with van der Waals surface area (Å²) in [5, 5.41) is 2.30. The molecule has 2 heterocycles. The molecule has 4 rings (SSSR count). The lowest BCUT2D eigenvalue weighted by Crippen LogP contribution is -2.25. The SMILES string of the molecule is CC.O=C(Nc1ccc(-c2cc3c(cc2Br)OC(F)(F)O3)cn1)c1c(F)cccc1F. The van der Waals surface area contributed by atoms with Gasteiger partial charge in [0, 0.05) is 21.8 Å². The molecule has 10 heteroatoms. The van der Waals surface area contributed by atoms with Gasteiger partial charge in [0.1, 0.15) is 23.0 Å². The minimum atomic E-state index is -3.74. The molecule has 1 aliphatic rings. The number of alkyl halides is 2.